The van der Waals surface area contributed by atoms with Gasteiger partial charge in [0, 0.05) is 25.8 Å². The molecule has 1 atom stereocenters. The van der Waals surface area contributed by atoms with Crippen LogP contribution in [0.2, 0.25) is 0 Å². The Morgan fingerprint density at radius 2 is 1.60 bits per heavy atom. The van der Waals surface area contributed by atoms with Crippen molar-refractivity contribution in [3.63, 3.8) is 0 Å². The van der Waals surface area contributed by atoms with E-state index in [-0.39, 0.29) is 17.3 Å². The molecule has 1 aliphatic rings. The van der Waals surface area contributed by atoms with Crippen molar-refractivity contribution in [2.24, 2.45) is 0 Å². The first-order valence-corrected chi connectivity index (χ1v) is 12.5. The van der Waals surface area contributed by atoms with Gasteiger partial charge < -0.3 is 9.64 Å². The molecule has 0 aliphatic carbocycles. The molecule has 0 N–H and O–H groups in total. The van der Waals surface area contributed by atoms with Crippen LogP contribution < -0.4 is 14.5 Å². The topological polar surface area (TPSA) is 84.0 Å². The highest BCUT2D eigenvalue weighted by molar-refractivity contribution is 7.90. The van der Waals surface area contributed by atoms with Gasteiger partial charge >= 0.3 is 6.09 Å². The molecule has 35 heavy (non-hydrogen) atoms. The van der Waals surface area contributed by atoms with Crippen LogP contribution in [0.4, 0.5) is 25.0 Å². The van der Waals surface area contributed by atoms with Crippen LogP contribution in [0.1, 0.15) is 13.8 Å². The molecular weight excluding hydrogens is 478 g/mol. The fourth-order valence-electron chi connectivity index (χ4n) is 4.06. The van der Waals surface area contributed by atoms with E-state index in [1.165, 1.54) is 24.0 Å². The van der Waals surface area contributed by atoms with Gasteiger partial charge in [0.15, 0.2) is 21.4 Å². The summed E-state index contributed by atoms with van der Waals surface area (Å²) in [5.74, 6) is -2.47. The predicted octanol–water partition coefficient (Wildman–Crippen LogP) is 4.80. The third-order valence-electron chi connectivity index (χ3n) is 5.68. The second-order valence-corrected chi connectivity index (χ2v) is 10.3. The number of sulfone groups is 1. The van der Waals surface area contributed by atoms with Crippen LogP contribution in [-0.4, -0.2) is 39.3 Å². The van der Waals surface area contributed by atoms with Crippen molar-refractivity contribution in [1.29, 1.82) is 0 Å². The minimum Gasteiger partial charge on any atom is -0.407 e. The summed E-state index contributed by atoms with van der Waals surface area (Å²) in [5.41, 5.74) is 2.17. The van der Waals surface area contributed by atoms with Crippen LogP contribution in [0.5, 0.6) is 5.75 Å². The molecule has 1 aliphatic heterocycles. The quantitative estimate of drug-likeness (QED) is 0.516. The third-order valence-corrected chi connectivity index (χ3v) is 6.81. The van der Waals surface area contributed by atoms with Gasteiger partial charge in [-0.25, -0.2) is 22.0 Å². The molecule has 3 aromatic carbocycles. The summed E-state index contributed by atoms with van der Waals surface area (Å²) in [6.45, 7) is 3.26. The molecular formula is C25H22F2N2O5S. The van der Waals surface area contributed by atoms with E-state index in [0.29, 0.717) is 28.6 Å². The van der Waals surface area contributed by atoms with E-state index in [2.05, 4.69) is 0 Å². The Kier molecular flexibility index (Phi) is 6.33. The molecule has 0 saturated heterocycles. The van der Waals surface area contributed by atoms with Gasteiger partial charge in [0.05, 0.1) is 22.3 Å². The van der Waals surface area contributed by atoms with Crippen molar-refractivity contribution >= 4 is 33.2 Å². The molecule has 1 heterocycles. The molecule has 7 nitrogen and oxygen atoms in total. The number of rotatable bonds is 3. The Labute approximate surface area is 201 Å². The Morgan fingerprint density at radius 3 is 2.20 bits per heavy atom. The van der Waals surface area contributed by atoms with Gasteiger partial charge in [-0.1, -0.05) is 18.2 Å². The van der Waals surface area contributed by atoms with Crippen molar-refractivity contribution in [1.82, 2.24) is 0 Å². The first kappa shape index (κ1) is 24.3. The summed E-state index contributed by atoms with van der Waals surface area (Å²) < 4.78 is 56.1. The standard InChI is InChI=1S/C25H22F2N2O5S/c1-15-14-28(25(31)34-24-11-7-19(26)13-21(24)27)23-12-18(6-10-22(23)29(15)16(2)30)17-4-8-20(9-5-17)35(3,32)33/h4-13,15H,14H2,1-3H3. The number of carbonyl (C=O) groups is 2. The number of hydrogen-bond donors (Lipinski definition) is 0. The second kappa shape index (κ2) is 9.10. The highest BCUT2D eigenvalue weighted by Crippen LogP contribution is 2.39. The minimum absolute atomic E-state index is 0.0741. The van der Waals surface area contributed by atoms with E-state index in [1.807, 2.05) is 0 Å². The Hall–Kier alpha value is -3.79. The van der Waals surface area contributed by atoms with Crippen molar-refractivity contribution < 1.29 is 31.5 Å². The van der Waals surface area contributed by atoms with E-state index in [0.717, 1.165) is 18.4 Å². The number of amides is 2. The van der Waals surface area contributed by atoms with Crippen molar-refractivity contribution in [2.75, 3.05) is 22.6 Å². The molecule has 1 unspecified atom stereocenters. The van der Waals surface area contributed by atoms with Gasteiger partial charge in [-0.2, -0.15) is 0 Å². The lowest BCUT2D eigenvalue weighted by Crippen LogP contribution is -2.52. The second-order valence-electron chi connectivity index (χ2n) is 8.29. The summed E-state index contributed by atoms with van der Waals surface area (Å²) in [6.07, 6.45) is 0.225. The maximum Gasteiger partial charge on any atom is 0.419 e. The highest BCUT2D eigenvalue weighted by Gasteiger charge is 2.35. The zero-order chi connectivity index (χ0) is 25.5. The number of carbonyl (C=O) groups excluding carboxylic acids is 2. The SMILES string of the molecule is CC(=O)N1c2ccc(-c3ccc(S(C)(=O)=O)cc3)cc2N(C(=O)Oc2ccc(F)cc2F)CC1C. The summed E-state index contributed by atoms with van der Waals surface area (Å²) in [5, 5.41) is 0. The maximum absolute atomic E-state index is 14.1. The maximum atomic E-state index is 14.1. The lowest BCUT2D eigenvalue weighted by atomic mass is 10.0. The molecule has 0 fully saturated rings. The van der Waals surface area contributed by atoms with E-state index >= 15 is 0 Å². The number of anilines is 2. The molecule has 0 saturated carbocycles. The summed E-state index contributed by atoms with van der Waals surface area (Å²) in [7, 11) is -3.36. The van der Waals surface area contributed by atoms with Crippen LogP contribution in [0, 0.1) is 11.6 Å². The average molecular weight is 501 g/mol. The summed E-state index contributed by atoms with van der Waals surface area (Å²) in [6, 6.07) is 13.6. The van der Waals surface area contributed by atoms with E-state index in [9.17, 15) is 26.8 Å². The van der Waals surface area contributed by atoms with E-state index < -0.39 is 39.4 Å². The molecule has 3 aromatic rings. The van der Waals surface area contributed by atoms with Gasteiger partial charge in [-0.05, 0) is 54.4 Å². The molecule has 2 amide bonds. The van der Waals surface area contributed by atoms with Crippen molar-refractivity contribution in [3.05, 3.63) is 72.3 Å². The molecule has 182 valence electrons. The normalized spacial score (nSPS) is 15.5. The first-order chi connectivity index (χ1) is 16.5. The largest absolute Gasteiger partial charge is 0.419 e. The molecule has 4 rings (SSSR count). The number of fused-ring (bicyclic) bond motifs is 1. The summed E-state index contributed by atoms with van der Waals surface area (Å²) >= 11 is 0. The lowest BCUT2D eigenvalue weighted by Gasteiger charge is -2.40. The fraction of sp³-hybridized carbons (Fsp3) is 0.200. The van der Waals surface area contributed by atoms with Crippen LogP contribution in [0.15, 0.2) is 65.6 Å². The number of nitrogens with zero attached hydrogens (tertiary/aromatic N) is 2. The van der Waals surface area contributed by atoms with Crippen LogP contribution in [0.3, 0.4) is 0 Å². The summed E-state index contributed by atoms with van der Waals surface area (Å²) in [4.78, 5) is 28.4. The molecule has 0 aromatic heterocycles. The van der Waals surface area contributed by atoms with Gasteiger partial charge in [0.25, 0.3) is 0 Å². The Bertz CT molecular complexity index is 1420. The van der Waals surface area contributed by atoms with E-state index in [4.69, 9.17) is 4.74 Å². The molecule has 10 heteroatoms. The zero-order valence-electron chi connectivity index (χ0n) is 19.2. The molecule has 0 radical (unpaired) electrons. The van der Waals surface area contributed by atoms with Gasteiger partial charge in [-0.15, -0.1) is 0 Å². The van der Waals surface area contributed by atoms with Gasteiger partial charge in [0.2, 0.25) is 5.91 Å². The number of halogens is 2. The number of ether oxygens (including phenoxy) is 1. The number of benzene rings is 3. The fourth-order valence-corrected chi connectivity index (χ4v) is 4.69. The van der Waals surface area contributed by atoms with Crippen LogP contribution in [0.25, 0.3) is 11.1 Å². The highest BCUT2D eigenvalue weighted by atomic mass is 32.2. The minimum atomic E-state index is -3.36. The van der Waals surface area contributed by atoms with Crippen molar-refractivity contribution in [2.45, 2.75) is 24.8 Å². The third kappa shape index (κ3) is 4.88. The molecule has 0 spiro atoms. The first-order valence-electron chi connectivity index (χ1n) is 10.6. The zero-order valence-corrected chi connectivity index (χ0v) is 20.0. The average Bonchev–Trinajstić information content (AvgIpc) is 2.79. The lowest BCUT2D eigenvalue weighted by molar-refractivity contribution is -0.117. The predicted molar refractivity (Wildman–Crippen MR) is 127 cm³/mol. The van der Waals surface area contributed by atoms with E-state index in [1.54, 1.807) is 42.2 Å². The Balaban J connectivity index is 1.75. The van der Waals surface area contributed by atoms with Crippen molar-refractivity contribution in [3.8, 4) is 16.9 Å². The molecule has 0 bridgehead atoms. The smallest absolute Gasteiger partial charge is 0.407 e. The van der Waals surface area contributed by atoms with Gasteiger partial charge in [-0.3, -0.25) is 9.69 Å². The van der Waals surface area contributed by atoms with Crippen LogP contribution in [-0.2, 0) is 14.6 Å². The van der Waals surface area contributed by atoms with Gasteiger partial charge in [0.1, 0.15) is 5.82 Å². The number of hydrogen-bond acceptors (Lipinski definition) is 5. The Morgan fingerprint density at radius 1 is 0.943 bits per heavy atom. The monoisotopic (exact) mass is 500 g/mol. The van der Waals surface area contributed by atoms with Crippen LogP contribution >= 0.6 is 0 Å².